The van der Waals surface area contributed by atoms with Gasteiger partial charge in [-0.3, -0.25) is 10.1 Å². The molecule has 1 amide bonds. The standard InChI is InChI=1S/C14H22N4O3S2/c1-23(20,21)18-9-5-8-11(18)12(19)15-14-17-16-13(22-14)10-6-3-2-4-7-10/h10-11H,2-9H2,1H3,(H,15,17,19). The molecule has 3 rings (SSSR count). The van der Waals surface area contributed by atoms with E-state index in [1.807, 2.05) is 0 Å². The summed E-state index contributed by atoms with van der Waals surface area (Å²) in [4.78, 5) is 12.4. The Morgan fingerprint density at radius 2 is 1.91 bits per heavy atom. The molecule has 0 radical (unpaired) electrons. The number of rotatable bonds is 4. The van der Waals surface area contributed by atoms with Gasteiger partial charge >= 0.3 is 0 Å². The Morgan fingerprint density at radius 3 is 2.61 bits per heavy atom. The monoisotopic (exact) mass is 358 g/mol. The molecule has 2 heterocycles. The largest absolute Gasteiger partial charge is 0.299 e. The first-order valence-corrected chi connectivity index (χ1v) is 10.7. The zero-order valence-electron chi connectivity index (χ0n) is 13.2. The van der Waals surface area contributed by atoms with Gasteiger partial charge in [0, 0.05) is 12.5 Å². The molecule has 1 saturated heterocycles. The van der Waals surface area contributed by atoms with Crippen LogP contribution in [0.1, 0.15) is 55.9 Å². The number of hydrogen-bond acceptors (Lipinski definition) is 6. The van der Waals surface area contributed by atoms with Gasteiger partial charge in [0.05, 0.1) is 6.26 Å². The predicted molar refractivity (Wildman–Crippen MR) is 88.9 cm³/mol. The fourth-order valence-electron chi connectivity index (χ4n) is 3.39. The molecule has 2 fully saturated rings. The lowest BCUT2D eigenvalue weighted by Crippen LogP contribution is -2.42. The van der Waals surface area contributed by atoms with Crippen LogP contribution in [0, 0.1) is 0 Å². The van der Waals surface area contributed by atoms with Crippen LogP contribution in [0.3, 0.4) is 0 Å². The maximum absolute atomic E-state index is 12.4. The maximum Gasteiger partial charge on any atom is 0.244 e. The van der Waals surface area contributed by atoms with Gasteiger partial charge in [-0.15, -0.1) is 10.2 Å². The first kappa shape index (κ1) is 16.8. The number of nitrogens with zero attached hydrogens (tertiary/aromatic N) is 3. The highest BCUT2D eigenvalue weighted by atomic mass is 32.2. The Kier molecular flexibility index (Phi) is 4.98. The SMILES string of the molecule is CS(=O)(=O)N1CCCC1C(=O)Nc1nnc(C2CCCCC2)s1. The van der Waals surface area contributed by atoms with Gasteiger partial charge in [0.1, 0.15) is 11.0 Å². The zero-order valence-corrected chi connectivity index (χ0v) is 14.8. The minimum absolute atomic E-state index is 0.306. The highest BCUT2D eigenvalue weighted by Crippen LogP contribution is 2.35. The number of carbonyl (C=O) groups is 1. The number of nitrogens with one attached hydrogen (secondary N) is 1. The first-order chi connectivity index (χ1) is 10.9. The number of hydrogen-bond donors (Lipinski definition) is 1. The van der Waals surface area contributed by atoms with E-state index in [4.69, 9.17) is 0 Å². The van der Waals surface area contributed by atoms with E-state index in [0.29, 0.717) is 30.4 Å². The fraction of sp³-hybridized carbons (Fsp3) is 0.786. The van der Waals surface area contributed by atoms with E-state index in [2.05, 4.69) is 15.5 Å². The molecule has 0 bridgehead atoms. The normalized spacial score (nSPS) is 24.0. The van der Waals surface area contributed by atoms with Gasteiger partial charge in [-0.1, -0.05) is 30.6 Å². The van der Waals surface area contributed by atoms with Crippen LogP contribution in [-0.2, 0) is 14.8 Å². The number of carbonyl (C=O) groups excluding carboxylic acids is 1. The zero-order chi connectivity index (χ0) is 16.4. The van der Waals surface area contributed by atoms with Crippen LogP contribution in [0.15, 0.2) is 0 Å². The molecule has 128 valence electrons. The van der Waals surface area contributed by atoms with Gasteiger partial charge in [0.25, 0.3) is 0 Å². The van der Waals surface area contributed by atoms with Gasteiger partial charge in [0.15, 0.2) is 0 Å². The van der Waals surface area contributed by atoms with Crippen molar-refractivity contribution in [2.75, 3.05) is 18.1 Å². The van der Waals surface area contributed by atoms with Crippen LogP contribution in [0.25, 0.3) is 0 Å². The molecule has 1 aliphatic heterocycles. The first-order valence-electron chi connectivity index (χ1n) is 8.06. The van der Waals surface area contributed by atoms with Gasteiger partial charge in [-0.25, -0.2) is 8.42 Å². The Labute approximate surface area is 140 Å². The topological polar surface area (TPSA) is 92.3 Å². The second kappa shape index (κ2) is 6.82. The molecule has 0 aromatic carbocycles. The summed E-state index contributed by atoms with van der Waals surface area (Å²) < 4.78 is 24.7. The summed E-state index contributed by atoms with van der Waals surface area (Å²) in [5.41, 5.74) is 0. The molecular formula is C14H22N4O3S2. The summed E-state index contributed by atoms with van der Waals surface area (Å²) in [6, 6.07) is -0.632. The van der Waals surface area contributed by atoms with Gasteiger partial charge in [-0.2, -0.15) is 4.31 Å². The van der Waals surface area contributed by atoms with E-state index in [1.165, 1.54) is 34.9 Å². The van der Waals surface area contributed by atoms with Crippen molar-refractivity contribution in [3.63, 3.8) is 0 Å². The van der Waals surface area contributed by atoms with Crippen LogP contribution < -0.4 is 5.32 Å². The quantitative estimate of drug-likeness (QED) is 0.888. The predicted octanol–water partition coefficient (Wildman–Crippen LogP) is 1.95. The van der Waals surface area contributed by atoms with Gasteiger partial charge < -0.3 is 0 Å². The van der Waals surface area contributed by atoms with Crippen molar-refractivity contribution in [1.29, 1.82) is 0 Å². The molecule has 9 heteroatoms. The minimum Gasteiger partial charge on any atom is -0.299 e. The molecule has 1 unspecified atom stereocenters. The smallest absolute Gasteiger partial charge is 0.244 e. The summed E-state index contributed by atoms with van der Waals surface area (Å²) in [5, 5.41) is 12.5. The van der Waals surface area contributed by atoms with Crippen LogP contribution in [0.2, 0.25) is 0 Å². The maximum atomic E-state index is 12.4. The minimum atomic E-state index is -3.36. The van der Waals surface area contributed by atoms with E-state index in [0.717, 1.165) is 24.1 Å². The van der Waals surface area contributed by atoms with Crippen LogP contribution in [0.4, 0.5) is 5.13 Å². The molecule has 1 saturated carbocycles. The van der Waals surface area contributed by atoms with Gasteiger partial charge in [-0.05, 0) is 25.7 Å². The van der Waals surface area contributed by atoms with Crippen molar-refractivity contribution in [2.24, 2.45) is 0 Å². The number of aromatic nitrogens is 2. The molecule has 1 aliphatic carbocycles. The Morgan fingerprint density at radius 1 is 1.17 bits per heavy atom. The third-order valence-electron chi connectivity index (χ3n) is 4.56. The highest BCUT2D eigenvalue weighted by Gasteiger charge is 2.36. The Balaban J connectivity index is 1.65. The van der Waals surface area contributed by atoms with Crippen molar-refractivity contribution in [3.8, 4) is 0 Å². The molecule has 7 nitrogen and oxygen atoms in total. The summed E-state index contributed by atoms with van der Waals surface area (Å²) in [6.07, 6.45) is 8.38. The van der Waals surface area contributed by atoms with Crippen molar-refractivity contribution in [3.05, 3.63) is 5.01 Å². The van der Waals surface area contributed by atoms with E-state index < -0.39 is 16.1 Å². The van der Waals surface area contributed by atoms with Crippen molar-refractivity contribution in [1.82, 2.24) is 14.5 Å². The lowest BCUT2D eigenvalue weighted by atomic mass is 9.90. The van der Waals surface area contributed by atoms with Crippen molar-refractivity contribution >= 4 is 32.4 Å². The number of sulfonamides is 1. The van der Waals surface area contributed by atoms with Crippen molar-refractivity contribution < 1.29 is 13.2 Å². The average Bonchev–Trinajstić information content (AvgIpc) is 3.16. The summed E-state index contributed by atoms with van der Waals surface area (Å²) >= 11 is 1.41. The fourth-order valence-corrected chi connectivity index (χ4v) is 5.43. The van der Waals surface area contributed by atoms with E-state index >= 15 is 0 Å². The van der Waals surface area contributed by atoms with E-state index in [1.54, 1.807) is 0 Å². The molecule has 0 spiro atoms. The van der Waals surface area contributed by atoms with Gasteiger partial charge in [0.2, 0.25) is 21.1 Å². The van der Waals surface area contributed by atoms with E-state index in [-0.39, 0.29) is 5.91 Å². The van der Waals surface area contributed by atoms with E-state index in [9.17, 15) is 13.2 Å². The molecule has 1 atom stereocenters. The lowest BCUT2D eigenvalue weighted by Gasteiger charge is -2.20. The third kappa shape index (κ3) is 3.89. The molecule has 2 aliphatic rings. The number of amides is 1. The third-order valence-corrected chi connectivity index (χ3v) is 6.85. The summed E-state index contributed by atoms with van der Waals surface area (Å²) in [5.74, 6) is 0.144. The summed E-state index contributed by atoms with van der Waals surface area (Å²) in [6.45, 7) is 0.403. The number of anilines is 1. The van der Waals surface area contributed by atoms with Crippen molar-refractivity contribution in [2.45, 2.75) is 56.9 Å². The molecule has 1 aromatic rings. The van der Waals surface area contributed by atoms with Crippen LogP contribution in [-0.4, -0.2) is 47.7 Å². The molecule has 1 N–H and O–H groups in total. The average molecular weight is 358 g/mol. The second-order valence-corrected chi connectivity index (χ2v) is 9.25. The lowest BCUT2D eigenvalue weighted by molar-refractivity contribution is -0.119. The van der Waals surface area contributed by atoms with Crippen LogP contribution in [0.5, 0.6) is 0 Å². The molecule has 23 heavy (non-hydrogen) atoms. The Bertz CT molecular complexity index is 667. The summed E-state index contributed by atoms with van der Waals surface area (Å²) in [7, 11) is -3.36. The Hall–Kier alpha value is -1.06. The highest BCUT2D eigenvalue weighted by molar-refractivity contribution is 7.88. The molecular weight excluding hydrogens is 336 g/mol. The van der Waals surface area contributed by atoms with Crippen LogP contribution >= 0.6 is 11.3 Å². The second-order valence-electron chi connectivity index (χ2n) is 6.30. The molecule has 1 aromatic heterocycles.